The third kappa shape index (κ3) is 3.89. The molecule has 0 aliphatic rings. The molecule has 1 heterocycles. The van der Waals surface area contributed by atoms with E-state index in [0.717, 1.165) is 0 Å². The van der Waals surface area contributed by atoms with Crippen molar-refractivity contribution >= 4 is 27.3 Å². The molecule has 0 aromatic carbocycles. The highest BCUT2D eigenvalue weighted by Crippen LogP contribution is 2.33. The van der Waals surface area contributed by atoms with Crippen LogP contribution in [0.25, 0.3) is 0 Å². The van der Waals surface area contributed by atoms with Crippen molar-refractivity contribution in [3.8, 4) is 0 Å². The first-order valence-electron chi connectivity index (χ1n) is 5.62. The normalized spacial score (nSPS) is 13.1. The van der Waals surface area contributed by atoms with Gasteiger partial charge in [0.1, 0.15) is 0 Å². The zero-order valence-electron chi connectivity index (χ0n) is 9.77. The van der Waals surface area contributed by atoms with E-state index in [1.54, 1.807) is 0 Å². The van der Waals surface area contributed by atoms with E-state index >= 15 is 0 Å². The summed E-state index contributed by atoms with van der Waals surface area (Å²) in [6.07, 6.45) is 5.20. The van der Waals surface area contributed by atoms with E-state index in [-0.39, 0.29) is 0 Å². The van der Waals surface area contributed by atoms with Gasteiger partial charge in [-0.1, -0.05) is 26.2 Å². The number of nitrogens with one attached hydrogen (secondary N) is 1. The predicted octanol–water partition coefficient (Wildman–Crippen LogP) is 4.66. The van der Waals surface area contributed by atoms with E-state index in [1.807, 2.05) is 11.3 Å². The van der Waals surface area contributed by atoms with E-state index in [1.165, 1.54) is 39.9 Å². The molecule has 1 rings (SSSR count). The van der Waals surface area contributed by atoms with Crippen molar-refractivity contribution < 1.29 is 0 Å². The van der Waals surface area contributed by atoms with Gasteiger partial charge in [-0.2, -0.15) is 0 Å². The molecule has 1 nitrogen and oxygen atoms in total. The van der Waals surface area contributed by atoms with Gasteiger partial charge in [0.2, 0.25) is 0 Å². The third-order valence-corrected chi connectivity index (χ3v) is 4.91. The maximum absolute atomic E-state index is 3.59. The third-order valence-electron chi connectivity index (χ3n) is 2.66. The summed E-state index contributed by atoms with van der Waals surface area (Å²) in [5.74, 6) is 0. The molecule has 3 heteroatoms. The van der Waals surface area contributed by atoms with Crippen LogP contribution >= 0.6 is 27.3 Å². The van der Waals surface area contributed by atoms with Crippen LogP contribution in [0, 0.1) is 6.92 Å². The van der Waals surface area contributed by atoms with Crippen molar-refractivity contribution in [2.75, 3.05) is 7.05 Å². The summed E-state index contributed by atoms with van der Waals surface area (Å²) >= 11 is 5.45. The molecule has 0 amide bonds. The van der Waals surface area contributed by atoms with Crippen LogP contribution in [-0.2, 0) is 0 Å². The number of halogens is 1. The lowest BCUT2D eigenvalue weighted by molar-refractivity contribution is 0.518. The number of unbranched alkanes of at least 4 members (excludes halogenated alkanes) is 2. The molecule has 1 atom stereocenters. The zero-order chi connectivity index (χ0) is 11.3. The summed E-state index contributed by atoms with van der Waals surface area (Å²) in [7, 11) is 2.06. The number of rotatable bonds is 6. The van der Waals surface area contributed by atoms with Gasteiger partial charge in [-0.25, -0.2) is 0 Å². The maximum Gasteiger partial charge on any atom is 0.0731 e. The molecule has 0 saturated carbocycles. The minimum atomic E-state index is 0.534. The topological polar surface area (TPSA) is 12.0 Å². The van der Waals surface area contributed by atoms with Crippen molar-refractivity contribution in [3.63, 3.8) is 0 Å². The molecule has 1 aromatic heterocycles. The fraction of sp³-hybridized carbons (Fsp3) is 0.667. The van der Waals surface area contributed by atoms with Crippen LogP contribution in [0.3, 0.4) is 0 Å². The highest BCUT2D eigenvalue weighted by atomic mass is 79.9. The minimum absolute atomic E-state index is 0.534. The summed E-state index contributed by atoms with van der Waals surface area (Å²) in [6, 6.07) is 2.83. The maximum atomic E-state index is 3.59. The molecule has 0 spiro atoms. The molecule has 1 unspecified atom stereocenters. The summed E-state index contributed by atoms with van der Waals surface area (Å²) in [5.41, 5.74) is 1.35. The first kappa shape index (κ1) is 13.2. The second-order valence-electron chi connectivity index (χ2n) is 3.94. The van der Waals surface area contributed by atoms with Gasteiger partial charge < -0.3 is 5.32 Å². The quantitative estimate of drug-likeness (QED) is 0.751. The molecule has 0 fully saturated rings. The lowest BCUT2D eigenvalue weighted by Crippen LogP contribution is -2.14. The standard InChI is InChI=1S/C12H20BrNS/c1-4-5-6-7-10(14-3)11-8-9(2)12(13)15-11/h8,10,14H,4-7H2,1-3H3. The lowest BCUT2D eigenvalue weighted by Gasteiger charge is -2.13. The number of thiophene rings is 1. The molecule has 0 bridgehead atoms. The molecule has 0 saturated heterocycles. The van der Waals surface area contributed by atoms with Gasteiger partial charge in [0, 0.05) is 10.9 Å². The second kappa shape index (κ2) is 6.66. The SMILES string of the molecule is CCCCCC(NC)c1cc(C)c(Br)s1. The van der Waals surface area contributed by atoms with Gasteiger partial charge in [0.05, 0.1) is 3.79 Å². The van der Waals surface area contributed by atoms with E-state index in [0.29, 0.717) is 6.04 Å². The summed E-state index contributed by atoms with van der Waals surface area (Å²) in [4.78, 5) is 1.46. The predicted molar refractivity (Wildman–Crippen MR) is 72.7 cm³/mol. The molecule has 15 heavy (non-hydrogen) atoms. The molecular formula is C12H20BrNS. The van der Waals surface area contributed by atoms with Gasteiger partial charge in [-0.15, -0.1) is 11.3 Å². The highest BCUT2D eigenvalue weighted by molar-refractivity contribution is 9.11. The zero-order valence-corrected chi connectivity index (χ0v) is 12.2. The van der Waals surface area contributed by atoms with Gasteiger partial charge in [-0.05, 0) is 48.0 Å². The Hall–Kier alpha value is 0.140. The summed E-state index contributed by atoms with van der Waals surface area (Å²) in [6.45, 7) is 4.41. The Kier molecular flexibility index (Phi) is 5.87. The van der Waals surface area contributed by atoms with Crippen molar-refractivity contribution in [2.45, 2.75) is 45.6 Å². The first-order valence-corrected chi connectivity index (χ1v) is 7.23. The van der Waals surface area contributed by atoms with Crippen LogP contribution in [0.1, 0.15) is 49.1 Å². The molecule has 0 aliphatic carbocycles. The second-order valence-corrected chi connectivity index (χ2v) is 6.34. The Balaban J connectivity index is 2.57. The average molecular weight is 290 g/mol. The largest absolute Gasteiger partial charge is 0.312 e. The van der Waals surface area contributed by atoms with Crippen LogP contribution in [0.4, 0.5) is 0 Å². The van der Waals surface area contributed by atoms with Crippen LogP contribution in [0.15, 0.2) is 9.85 Å². The molecular weight excluding hydrogens is 270 g/mol. The Morgan fingerprint density at radius 3 is 2.67 bits per heavy atom. The van der Waals surface area contributed by atoms with Crippen LogP contribution in [0.2, 0.25) is 0 Å². The van der Waals surface area contributed by atoms with Crippen molar-refractivity contribution in [1.82, 2.24) is 5.32 Å². The van der Waals surface area contributed by atoms with Gasteiger partial charge in [0.25, 0.3) is 0 Å². The monoisotopic (exact) mass is 289 g/mol. The van der Waals surface area contributed by atoms with Gasteiger partial charge in [-0.3, -0.25) is 0 Å². The Bertz CT molecular complexity index is 276. The smallest absolute Gasteiger partial charge is 0.0731 e. The van der Waals surface area contributed by atoms with E-state index in [9.17, 15) is 0 Å². The van der Waals surface area contributed by atoms with Crippen molar-refractivity contribution in [1.29, 1.82) is 0 Å². The minimum Gasteiger partial charge on any atom is -0.312 e. The van der Waals surface area contributed by atoms with E-state index in [2.05, 4.69) is 48.2 Å². The lowest BCUT2D eigenvalue weighted by atomic mass is 10.1. The van der Waals surface area contributed by atoms with Crippen molar-refractivity contribution in [3.05, 3.63) is 20.3 Å². The first-order chi connectivity index (χ1) is 7.19. The number of hydrogen-bond donors (Lipinski definition) is 1. The van der Waals surface area contributed by atoms with Crippen LogP contribution in [-0.4, -0.2) is 7.05 Å². The number of aryl methyl sites for hydroxylation is 1. The van der Waals surface area contributed by atoms with E-state index < -0.39 is 0 Å². The van der Waals surface area contributed by atoms with Gasteiger partial charge >= 0.3 is 0 Å². The van der Waals surface area contributed by atoms with Crippen LogP contribution in [0.5, 0.6) is 0 Å². The van der Waals surface area contributed by atoms with Crippen LogP contribution < -0.4 is 5.32 Å². The molecule has 86 valence electrons. The molecule has 1 aromatic rings. The molecule has 1 N–H and O–H groups in total. The molecule has 0 radical (unpaired) electrons. The Morgan fingerprint density at radius 1 is 1.47 bits per heavy atom. The van der Waals surface area contributed by atoms with Gasteiger partial charge in [0.15, 0.2) is 0 Å². The Morgan fingerprint density at radius 2 is 2.20 bits per heavy atom. The van der Waals surface area contributed by atoms with E-state index in [4.69, 9.17) is 0 Å². The highest BCUT2D eigenvalue weighted by Gasteiger charge is 2.12. The molecule has 0 aliphatic heterocycles. The average Bonchev–Trinajstić information content (AvgIpc) is 2.54. The van der Waals surface area contributed by atoms with Crippen molar-refractivity contribution in [2.24, 2.45) is 0 Å². The Labute approximate surface area is 105 Å². The fourth-order valence-corrected chi connectivity index (χ4v) is 3.40. The fourth-order valence-electron chi connectivity index (χ4n) is 1.68. The summed E-state index contributed by atoms with van der Waals surface area (Å²) in [5, 5.41) is 3.41. The number of hydrogen-bond acceptors (Lipinski definition) is 2. The summed E-state index contributed by atoms with van der Waals surface area (Å²) < 4.78 is 1.27.